The predicted octanol–water partition coefficient (Wildman–Crippen LogP) is 1.77. The summed E-state index contributed by atoms with van der Waals surface area (Å²) in [6.45, 7) is 2.17. The van der Waals surface area contributed by atoms with Crippen molar-refractivity contribution in [2.45, 2.75) is 25.7 Å². The molecule has 0 aromatic heterocycles. The van der Waals surface area contributed by atoms with Crippen LogP contribution in [-0.2, 0) is 9.59 Å². The Bertz CT molecular complexity index is 376. The Morgan fingerprint density at radius 3 is 2.53 bits per heavy atom. The smallest absolute Gasteiger partial charge is 0.305 e. The first-order valence-electron chi connectivity index (χ1n) is 5.63. The Morgan fingerprint density at radius 2 is 1.94 bits per heavy atom. The third-order valence-electron chi connectivity index (χ3n) is 2.52. The SMILES string of the molecule is CC(CC(=O)NCCC(=O)O)c1ccccc1. The summed E-state index contributed by atoms with van der Waals surface area (Å²) in [6.07, 6.45) is 0.342. The lowest BCUT2D eigenvalue weighted by Crippen LogP contribution is -2.26. The highest BCUT2D eigenvalue weighted by atomic mass is 16.4. The van der Waals surface area contributed by atoms with Crippen LogP contribution < -0.4 is 5.32 Å². The van der Waals surface area contributed by atoms with Crippen molar-refractivity contribution in [2.24, 2.45) is 0 Å². The van der Waals surface area contributed by atoms with Crippen LogP contribution in [0.15, 0.2) is 30.3 Å². The second-order valence-electron chi connectivity index (χ2n) is 4.01. The maximum Gasteiger partial charge on any atom is 0.305 e. The van der Waals surface area contributed by atoms with Crippen molar-refractivity contribution in [3.63, 3.8) is 0 Å². The second kappa shape index (κ2) is 6.68. The van der Waals surface area contributed by atoms with E-state index in [2.05, 4.69) is 5.32 Å². The monoisotopic (exact) mass is 235 g/mol. The number of nitrogens with one attached hydrogen (secondary N) is 1. The average molecular weight is 235 g/mol. The third kappa shape index (κ3) is 5.15. The molecule has 92 valence electrons. The van der Waals surface area contributed by atoms with E-state index in [9.17, 15) is 9.59 Å². The van der Waals surface area contributed by atoms with Gasteiger partial charge >= 0.3 is 5.97 Å². The van der Waals surface area contributed by atoms with Crippen molar-refractivity contribution in [3.05, 3.63) is 35.9 Å². The summed E-state index contributed by atoms with van der Waals surface area (Å²) in [5.41, 5.74) is 1.11. The van der Waals surface area contributed by atoms with E-state index in [0.717, 1.165) is 5.56 Å². The zero-order valence-corrected chi connectivity index (χ0v) is 9.85. The fraction of sp³-hybridized carbons (Fsp3) is 0.385. The summed E-state index contributed by atoms with van der Waals surface area (Å²) < 4.78 is 0. The highest BCUT2D eigenvalue weighted by Gasteiger charge is 2.10. The molecule has 0 aliphatic heterocycles. The van der Waals surface area contributed by atoms with E-state index < -0.39 is 5.97 Å². The summed E-state index contributed by atoms with van der Waals surface area (Å²) >= 11 is 0. The molecule has 1 amide bonds. The lowest BCUT2D eigenvalue weighted by molar-refractivity contribution is -0.136. The van der Waals surface area contributed by atoms with E-state index in [1.54, 1.807) is 0 Å². The van der Waals surface area contributed by atoms with Crippen LogP contribution in [-0.4, -0.2) is 23.5 Å². The van der Waals surface area contributed by atoms with Gasteiger partial charge in [0.2, 0.25) is 5.91 Å². The molecule has 0 radical (unpaired) electrons. The normalized spacial score (nSPS) is 11.8. The van der Waals surface area contributed by atoms with Gasteiger partial charge in [0.1, 0.15) is 0 Å². The fourth-order valence-electron chi connectivity index (χ4n) is 1.56. The molecule has 0 spiro atoms. The molecule has 0 aliphatic carbocycles. The highest BCUT2D eigenvalue weighted by Crippen LogP contribution is 2.17. The minimum atomic E-state index is -0.901. The van der Waals surface area contributed by atoms with Gasteiger partial charge in [-0.15, -0.1) is 0 Å². The molecule has 1 atom stereocenters. The van der Waals surface area contributed by atoms with Gasteiger partial charge in [0.15, 0.2) is 0 Å². The molecule has 0 saturated carbocycles. The van der Waals surface area contributed by atoms with Gasteiger partial charge in [0.05, 0.1) is 6.42 Å². The van der Waals surface area contributed by atoms with Gasteiger partial charge in [-0.05, 0) is 11.5 Å². The maximum atomic E-state index is 11.5. The van der Waals surface area contributed by atoms with Crippen molar-refractivity contribution in [3.8, 4) is 0 Å². The summed E-state index contributed by atoms with van der Waals surface area (Å²) in [5, 5.41) is 11.0. The molecule has 0 saturated heterocycles. The van der Waals surface area contributed by atoms with E-state index >= 15 is 0 Å². The number of hydrogen-bond donors (Lipinski definition) is 2. The number of carbonyl (C=O) groups excluding carboxylic acids is 1. The van der Waals surface area contributed by atoms with E-state index in [0.29, 0.717) is 6.42 Å². The molecule has 1 aromatic rings. The third-order valence-corrected chi connectivity index (χ3v) is 2.52. The van der Waals surface area contributed by atoms with E-state index in [4.69, 9.17) is 5.11 Å². The zero-order chi connectivity index (χ0) is 12.7. The van der Waals surface area contributed by atoms with Crippen LogP contribution in [0.1, 0.15) is 31.2 Å². The topological polar surface area (TPSA) is 66.4 Å². The van der Waals surface area contributed by atoms with Gasteiger partial charge < -0.3 is 10.4 Å². The molecule has 0 bridgehead atoms. The largest absolute Gasteiger partial charge is 0.481 e. The number of amides is 1. The molecule has 1 rings (SSSR count). The fourth-order valence-corrected chi connectivity index (χ4v) is 1.56. The quantitative estimate of drug-likeness (QED) is 0.789. The Labute approximate surface area is 101 Å². The van der Waals surface area contributed by atoms with Crippen molar-refractivity contribution in [1.29, 1.82) is 0 Å². The van der Waals surface area contributed by atoms with Crippen molar-refractivity contribution < 1.29 is 14.7 Å². The van der Waals surface area contributed by atoms with Gasteiger partial charge in [-0.3, -0.25) is 9.59 Å². The van der Waals surface area contributed by atoms with Crippen LogP contribution in [0.25, 0.3) is 0 Å². The molecule has 17 heavy (non-hydrogen) atoms. The molecule has 0 fully saturated rings. The molecule has 0 aliphatic rings. The maximum absolute atomic E-state index is 11.5. The van der Waals surface area contributed by atoms with Crippen LogP contribution in [0.3, 0.4) is 0 Å². The first-order valence-corrected chi connectivity index (χ1v) is 5.63. The number of carboxylic acid groups (broad SMARTS) is 1. The molecule has 0 heterocycles. The van der Waals surface area contributed by atoms with Crippen LogP contribution in [0.4, 0.5) is 0 Å². The van der Waals surface area contributed by atoms with Crippen molar-refractivity contribution in [1.82, 2.24) is 5.32 Å². The van der Waals surface area contributed by atoms with Gasteiger partial charge in [0.25, 0.3) is 0 Å². The van der Waals surface area contributed by atoms with E-state index in [-0.39, 0.29) is 24.8 Å². The Hall–Kier alpha value is -1.84. The number of rotatable bonds is 6. The molecule has 1 unspecified atom stereocenters. The second-order valence-corrected chi connectivity index (χ2v) is 4.01. The van der Waals surface area contributed by atoms with Crippen LogP contribution >= 0.6 is 0 Å². The van der Waals surface area contributed by atoms with Crippen molar-refractivity contribution in [2.75, 3.05) is 6.54 Å². The predicted molar refractivity (Wildman–Crippen MR) is 64.7 cm³/mol. The minimum Gasteiger partial charge on any atom is -0.481 e. The lowest BCUT2D eigenvalue weighted by Gasteiger charge is -2.11. The average Bonchev–Trinajstić information content (AvgIpc) is 2.29. The molecule has 4 heteroatoms. The first-order chi connectivity index (χ1) is 8.09. The summed E-state index contributed by atoms with van der Waals surface area (Å²) in [6, 6.07) is 9.77. The molecule has 4 nitrogen and oxygen atoms in total. The number of aliphatic carboxylic acids is 1. The number of carbonyl (C=O) groups is 2. The van der Waals surface area contributed by atoms with Gasteiger partial charge in [0, 0.05) is 13.0 Å². The molecular formula is C13H17NO3. The standard InChI is InChI=1S/C13H17NO3/c1-10(11-5-3-2-4-6-11)9-12(15)14-8-7-13(16)17/h2-6,10H,7-9H2,1H3,(H,14,15)(H,16,17). The number of benzene rings is 1. The van der Waals surface area contributed by atoms with Gasteiger partial charge in [-0.25, -0.2) is 0 Å². The van der Waals surface area contributed by atoms with Crippen LogP contribution in [0, 0.1) is 0 Å². The lowest BCUT2D eigenvalue weighted by atomic mass is 9.98. The molecule has 2 N–H and O–H groups in total. The van der Waals surface area contributed by atoms with Gasteiger partial charge in [-0.2, -0.15) is 0 Å². The number of hydrogen-bond acceptors (Lipinski definition) is 2. The Morgan fingerprint density at radius 1 is 1.29 bits per heavy atom. The van der Waals surface area contributed by atoms with Gasteiger partial charge in [-0.1, -0.05) is 37.3 Å². The zero-order valence-electron chi connectivity index (χ0n) is 9.85. The first kappa shape index (κ1) is 13.2. The van der Waals surface area contributed by atoms with E-state index in [1.807, 2.05) is 37.3 Å². The van der Waals surface area contributed by atoms with Crippen LogP contribution in [0.5, 0.6) is 0 Å². The van der Waals surface area contributed by atoms with Crippen molar-refractivity contribution >= 4 is 11.9 Å². The number of carboxylic acids is 1. The summed E-state index contributed by atoms with van der Waals surface area (Å²) in [7, 11) is 0. The van der Waals surface area contributed by atoms with E-state index in [1.165, 1.54) is 0 Å². The highest BCUT2D eigenvalue weighted by molar-refractivity contribution is 5.77. The minimum absolute atomic E-state index is 0.0363. The van der Waals surface area contributed by atoms with Crippen LogP contribution in [0.2, 0.25) is 0 Å². The summed E-state index contributed by atoms with van der Waals surface area (Å²) in [5.74, 6) is -0.870. The summed E-state index contributed by atoms with van der Waals surface area (Å²) in [4.78, 5) is 21.8. The Balaban J connectivity index is 2.34. The molecule has 1 aromatic carbocycles. The molecular weight excluding hydrogens is 218 g/mol. The Kier molecular flexibility index (Phi) is 5.20.